The summed E-state index contributed by atoms with van der Waals surface area (Å²) >= 11 is 0. The Hall–Kier alpha value is -3.50. The van der Waals surface area contributed by atoms with E-state index in [9.17, 15) is 0 Å². The Balaban J connectivity index is -0.0000000778. The standard InChI is InChI=1S/2C16H36N.Ce.6NO3/c2*1-5-9-13-17(14-10-6-2,15-11-7-3)16-12-8-4;;6*2-1(3)4/h2*5-16H2,1-4H3;;;;;;;/q2*+1;+3;6*-1. The van der Waals surface area contributed by atoms with Crippen molar-refractivity contribution in [1.29, 1.82) is 0 Å². The monoisotopic (exact) mass is 996 g/mol. The summed E-state index contributed by atoms with van der Waals surface area (Å²) in [5.74, 6) is 0. The summed E-state index contributed by atoms with van der Waals surface area (Å²) in [6.07, 6.45) is 22.1. The van der Waals surface area contributed by atoms with E-state index in [0.717, 1.165) is 0 Å². The molecule has 0 bridgehead atoms. The normalized spacial score (nSPS) is 9.36. The molecule has 26 nitrogen and oxygen atoms in total. The summed E-state index contributed by atoms with van der Waals surface area (Å²) in [6.45, 7) is 30.0. The van der Waals surface area contributed by atoms with Gasteiger partial charge in [-0.2, -0.15) is 0 Å². The van der Waals surface area contributed by atoms with Crippen molar-refractivity contribution in [2.75, 3.05) is 52.4 Å². The second kappa shape index (κ2) is 61.2. The Kier molecular flexibility index (Phi) is 79.0. The van der Waals surface area contributed by atoms with Crippen LogP contribution in [0.2, 0.25) is 0 Å². The number of quaternary nitrogens is 2. The maximum Gasteiger partial charge on any atom is 3.00 e. The number of rotatable bonds is 24. The molecule has 0 heterocycles. The van der Waals surface area contributed by atoms with Crippen LogP contribution < -0.4 is 0 Å². The van der Waals surface area contributed by atoms with E-state index in [0.29, 0.717) is 0 Å². The van der Waals surface area contributed by atoms with Crippen LogP contribution in [0.15, 0.2) is 0 Å². The van der Waals surface area contributed by atoms with Crippen molar-refractivity contribution >= 4 is 0 Å². The molecule has 0 unspecified atom stereocenters. The Labute approximate surface area is 381 Å². The molecule has 0 aromatic carbocycles. The minimum atomic E-state index is -1.75. The molecule has 0 saturated carbocycles. The number of nitrogens with zero attached hydrogens (tertiary/aromatic N) is 8. The van der Waals surface area contributed by atoms with Crippen molar-refractivity contribution in [2.45, 2.75) is 158 Å². The number of hydrogen-bond acceptors (Lipinski definition) is 18. The minimum Gasteiger partial charge on any atom is -0.356 e. The molecule has 353 valence electrons. The third kappa shape index (κ3) is 113. The molecule has 0 rings (SSSR count). The summed E-state index contributed by atoms with van der Waals surface area (Å²) in [5, 5.41) is 88.5. The predicted molar refractivity (Wildman–Crippen MR) is 221 cm³/mol. The van der Waals surface area contributed by atoms with E-state index in [1.54, 1.807) is 0 Å². The molecule has 0 aliphatic rings. The van der Waals surface area contributed by atoms with Crippen LogP contribution >= 0.6 is 0 Å². The van der Waals surface area contributed by atoms with Gasteiger partial charge in [0.05, 0.1) is 82.9 Å². The van der Waals surface area contributed by atoms with Crippen LogP contribution in [0.4, 0.5) is 0 Å². The fourth-order valence-corrected chi connectivity index (χ4v) is 5.29. The molecule has 0 aliphatic heterocycles. The molecule has 0 amide bonds. The topological polar surface area (TPSA) is 397 Å². The van der Waals surface area contributed by atoms with Crippen LogP contribution in [0.25, 0.3) is 0 Å². The van der Waals surface area contributed by atoms with Crippen molar-refractivity contribution in [3.05, 3.63) is 91.9 Å². The minimum absolute atomic E-state index is 0. The van der Waals surface area contributed by atoms with Crippen LogP contribution in [0, 0.1) is 134 Å². The Morgan fingerprint density at radius 2 is 0.322 bits per heavy atom. The van der Waals surface area contributed by atoms with E-state index in [1.165, 1.54) is 164 Å². The summed E-state index contributed by atoms with van der Waals surface area (Å²) < 4.78 is 2.84. The van der Waals surface area contributed by atoms with Gasteiger partial charge in [-0.1, -0.05) is 107 Å². The van der Waals surface area contributed by atoms with E-state index in [-0.39, 0.29) is 41.7 Å². The smallest absolute Gasteiger partial charge is 0.356 e. The average molecular weight is 997 g/mol. The fourth-order valence-electron chi connectivity index (χ4n) is 5.29. The van der Waals surface area contributed by atoms with Gasteiger partial charge < -0.3 is 101 Å². The van der Waals surface area contributed by atoms with Crippen LogP contribution in [-0.2, 0) is 0 Å². The first kappa shape index (κ1) is 76.2. The van der Waals surface area contributed by atoms with Gasteiger partial charge in [-0.05, 0) is 51.4 Å². The molecule has 1 radical (unpaired) electrons. The first-order valence-corrected chi connectivity index (χ1v) is 19.5. The molecule has 0 aliphatic carbocycles. The molecular weight excluding hydrogens is 925 g/mol. The predicted octanol–water partition coefficient (Wildman–Crippen LogP) is 8.57. The van der Waals surface area contributed by atoms with Crippen molar-refractivity contribution < 1.29 is 81.2 Å². The largest absolute Gasteiger partial charge is 3.00 e. The molecule has 0 spiro atoms. The summed E-state index contributed by atoms with van der Waals surface area (Å²) in [7, 11) is 0. The van der Waals surface area contributed by atoms with Crippen LogP contribution in [0.1, 0.15) is 158 Å². The average Bonchev–Trinajstić information content (AvgIpc) is 3.09. The maximum absolute atomic E-state index is 8.25. The van der Waals surface area contributed by atoms with Gasteiger partial charge in [0.15, 0.2) is 0 Å². The van der Waals surface area contributed by atoms with Gasteiger partial charge in [0.2, 0.25) is 0 Å². The molecular formula is C32H72CeN8O18-. The van der Waals surface area contributed by atoms with Gasteiger partial charge in [0.25, 0.3) is 0 Å². The molecule has 27 heteroatoms. The summed E-state index contributed by atoms with van der Waals surface area (Å²) in [6, 6.07) is 0. The first-order valence-electron chi connectivity index (χ1n) is 19.5. The molecule has 0 aromatic heterocycles. The second-order valence-electron chi connectivity index (χ2n) is 12.6. The van der Waals surface area contributed by atoms with E-state index in [2.05, 4.69) is 55.4 Å². The van der Waals surface area contributed by atoms with Gasteiger partial charge in [0.1, 0.15) is 0 Å². The molecule has 0 fully saturated rings. The molecule has 0 saturated heterocycles. The maximum atomic E-state index is 8.25. The molecule has 0 aromatic rings. The van der Waals surface area contributed by atoms with Crippen LogP contribution in [0.3, 0.4) is 0 Å². The van der Waals surface area contributed by atoms with Gasteiger partial charge in [-0.3, -0.25) is 0 Å². The zero-order chi connectivity index (χ0) is 47.4. The quantitative estimate of drug-likeness (QED) is 0.0496. The van der Waals surface area contributed by atoms with E-state index < -0.39 is 30.5 Å². The van der Waals surface area contributed by atoms with Gasteiger partial charge in [0, 0.05) is 0 Å². The Morgan fingerprint density at radius 1 is 0.254 bits per heavy atom. The van der Waals surface area contributed by atoms with Crippen molar-refractivity contribution in [1.82, 2.24) is 0 Å². The van der Waals surface area contributed by atoms with Gasteiger partial charge >= 0.3 is 41.7 Å². The zero-order valence-electron chi connectivity index (χ0n) is 36.4. The fraction of sp³-hybridized carbons (Fsp3) is 1.00. The van der Waals surface area contributed by atoms with Gasteiger partial charge in [-0.15, -0.1) is 0 Å². The Bertz CT molecular complexity index is 720. The van der Waals surface area contributed by atoms with E-state index >= 15 is 0 Å². The van der Waals surface area contributed by atoms with Crippen LogP contribution in [-0.4, -0.2) is 91.8 Å². The molecule has 59 heavy (non-hydrogen) atoms. The second-order valence-corrected chi connectivity index (χ2v) is 12.6. The molecule has 0 atom stereocenters. The van der Waals surface area contributed by atoms with Gasteiger partial charge in [-0.25, -0.2) is 0 Å². The van der Waals surface area contributed by atoms with Crippen molar-refractivity contribution in [3.8, 4) is 0 Å². The Morgan fingerprint density at radius 3 is 0.373 bits per heavy atom. The third-order valence-electron chi connectivity index (χ3n) is 7.89. The number of hydrogen-bond donors (Lipinski definition) is 0. The summed E-state index contributed by atoms with van der Waals surface area (Å²) in [4.78, 5) is 49.5. The van der Waals surface area contributed by atoms with E-state index in [1.807, 2.05) is 0 Å². The van der Waals surface area contributed by atoms with Crippen LogP contribution in [0.5, 0.6) is 0 Å². The van der Waals surface area contributed by atoms with Crippen molar-refractivity contribution in [3.63, 3.8) is 0 Å². The SMILES string of the molecule is CCCC[N+](CCCC)(CCCC)CCCC.CCCC[N+](CCCC)(CCCC)CCCC.O=[N+]([O-])[O-].O=[N+]([O-])[O-].O=[N+]([O-])[O-].O=[N+]([O-])[O-].O=[N+]([O-])[O-].O=[N+]([O-])[O-].[Ce+3]. The molecule has 0 N–H and O–H groups in total. The van der Waals surface area contributed by atoms with E-state index in [4.69, 9.17) is 91.9 Å². The third-order valence-corrected chi connectivity index (χ3v) is 7.89. The number of unbranched alkanes of at least 4 members (excludes halogenated alkanes) is 8. The zero-order valence-corrected chi connectivity index (χ0v) is 39.5. The first-order chi connectivity index (χ1) is 26.9. The summed E-state index contributed by atoms with van der Waals surface area (Å²) in [5.41, 5.74) is 0. The van der Waals surface area contributed by atoms with Crippen molar-refractivity contribution in [2.24, 2.45) is 0 Å².